The highest BCUT2D eigenvalue weighted by Gasteiger charge is 2.30. The first-order valence-electron chi connectivity index (χ1n) is 9.15. The molecule has 1 amide bonds. The summed E-state index contributed by atoms with van der Waals surface area (Å²) in [5.74, 6) is -0.370. The number of nitrogen functional groups attached to an aromatic ring is 1. The van der Waals surface area contributed by atoms with Crippen LogP contribution in [0.3, 0.4) is 0 Å². The molecule has 1 aromatic heterocycles. The first-order valence-corrected chi connectivity index (χ1v) is 9.56. The number of carbonyl (C=O) groups excluding carboxylic acids is 1. The first kappa shape index (κ1) is 20.7. The number of nitrogens with zero attached hydrogens (tertiary/aromatic N) is 2. The van der Waals surface area contributed by atoms with E-state index in [1.54, 1.807) is 24.4 Å². The minimum Gasteiger partial charge on any atom is -0.368 e. The van der Waals surface area contributed by atoms with Crippen molar-refractivity contribution in [2.45, 2.75) is 12.6 Å². The molecule has 1 heterocycles. The van der Waals surface area contributed by atoms with Crippen LogP contribution in [0.5, 0.6) is 0 Å². The van der Waals surface area contributed by atoms with Crippen molar-refractivity contribution >= 4 is 51.1 Å². The molecule has 0 saturated heterocycles. The molecule has 0 spiro atoms. The Hall–Kier alpha value is -3.59. The second kappa shape index (κ2) is 7.92. The molecule has 156 valence electrons. The Labute approximate surface area is 180 Å². The fourth-order valence-corrected chi connectivity index (χ4v) is 3.52. The van der Waals surface area contributed by atoms with E-state index in [0.29, 0.717) is 16.8 Å². The van der Waals surface area contributed by atoms with Crippen LogP contribution >= 0.6 is 12.2 Å². The van der Waals surface area contributed by atoms with Gasteiger partial charge in [-0.25, -0.2) is 9.97 Å². The summed E-state index contributed by atoms with van der Waals surface area (Å²) in [5.41, 5.74) is 7.40. The Balaban J connectivity index is 1.61. The average molecular weight is 440 g/mol. The highest BCUT2D eigenvalue weighted by molar-refractivity contribution is 7.80. The van der Waals surface area contributed by atoms with Gasteiger partial charge in [0.15, 0.2) is 0 Å². The smallest absolute Gasteiger partial charge is 0.368 e. The zero-order valence-corrected chi connectivity index (χ0v) is 16.7. The van der Waals surface area contributed by atoms with E-state index in [-0.39, 0.29) is 17.2 Å². The summed E-state index contributed by atoms with van der Waals surface area (Å²) in [6.45, 7) is 0. The number of rotatable bonds is 3. The lowest BCUT2D eigenvalue weighted by Crippen LogP contribution is -2.17. The lowest BCUT2D eigenvalue weighted by molar-refractivity contribution is -0.137. The van der Waals surface area contributed by atoms with Crippen LogP contribution in [0.15, 0.2) is 66.4 Å². The van der Waals surface area contributed by atoms with Crippen molar-refractivity contribution in [1.82, 2.24) is 9.97 Å². The van der Waals surface area contributed by atoms with Gasteiger partial charge in [-0.05, 0) is 53.6 Å². The quantitative estimate of drug-likeness (QED) is 0.563. The van der Waals surface area contributed by atoms with Crippen LogP contribution in [0.2, 0.25) is 0 Å². The number of hydrogen-bond donors (Lipinski definition) is 2. The highest BCUT2D eigenvalue weighted by Crippen LogP contribution is 2.31. The highest BCUT2D eigenvalue weighted by atomic mass is 32.1. The summed E-state index contributed by atoms with van der Waals surface area (Å²) in [6, 6.07) is 9.98. The molecule has 0 saturated carbocycles. The van der Waals surface area contributed by atoms with Crippen molar-refractivity contribution in [1.29, 1.82) is 0 Å². The summed E-state index contributed by atoms with van der Waals surface area (Å²) in [6.07, 6.45) is 0.797. The van der Waals surface area contributed by atoms with Crippen LogP contribution in [-0.4, -0.2) is 20.7 Å². The van der Waals surface area contributed by atoms with E-state index in [1.807, 2.05) is 12.1 Å². The summed E-state index contributed by atoms with van der Waals surface area (Å²) >= 11 is 5.34. The number of nitrogens with two attached hydrogens (primary N) is 1. The predicted molar refractivity (Wildman–Crippen MR) is 117 cm³/mol. The Kier molecular flexibility index (Phi) is 5.28. The third-order valence-electron chi connectivity index (χ3n) is 4.69. The summed E-state index contributed by atoms with van der Waals surface area (Å²) in [5, 5.41) is 3.29. The van der Waals surface area contributed by atoms with Crippen LogP contribution < -0.4 is 11.1 Å². The molecular formula is C22H15F3N4OS. The molecule has 3 N–H and O–H groups in total. The first-order chi connectivity index (χ1) is 14.7. The van der Waals surface area contributed by atoms with Crippen LogP contribution in [0.4, 0.5) is 24.8 Å². The van der Waals surface area contributed by atoms with Gasteiger partial charge >= 0.3 is 6.18 Å². The maximum Gasteiger partial charge on any atom is 0.416 e. The molecule has 9 heteroatoms. The molecule has 0 unspecified atom stereocenters. The Bertz CT molecular complexity index is 1280. The van der Waals surface area contributed by atoms with Crippen molar-refractivity contribution in [2.75, 3.05) is 11.1 Å². The minimum atomic E-state index is -4.50. The molecule has 0 bridgehead atoms. The lowest BCUT2D eigenvalue weighted by Gasteiger charge is -2.16. The molecule has 1 aliphatic carbocycles. The molecule has 5 nitrogen and oxygen atoms in total. The van der Waals surface area contributed by atoms with Crippen molar-refractivity contribution in [3.8, 4) is 0 Å². The van der Waals surface area contributed by atoms with Crippen LogP contribution in [-0.2, 0) is 11.0 Å². The van der Waals surface area contributed by atoms with Crippen molar-refractivity contribution in [3.63, 3.8) is 0 Å². The second-order valence-electron chi connectivity index (χ2n) is 6.95. The Morgan fingerprint density at radius 3 is 2.71 bits per heavy atom. The van der Waals surface area contributed by atoms with Gasteiger partial charge in [0.25, 0.3) is 5.91 Å². The van der Waals surface area contributed by atoms with Gasteiger partial charge < -0.3 is 11.1 Å². The fraction of sp³-hybridized carbons (Fsp3) is 0.0909. The van der Waals surface area contributed by atoms with Gasteiger partial charge in [0, 0.05) is 34.1 Å². The van der Waals surface area contributed by atoms with Crippen molar-refractivity contribution < 1.29 is 18.0 Å². The van der Waals surface area contributed by atoms with E-state index in [1.165, 1.54) is 12.1 Å². The maximum atomic E-state index is 12.9. The van der Waals surface area contributed by atoms with Gasteiger partial charge in [0.2, 0.25) is 5.95 Å². The van der Waals surface area contributed by atoms with E-state index in [0.717, 1.165) is 28.7 Å². The number of allylic oxidation sites excluding steroid dienone is 2. The number of benzene rings is 2. The van der Waals surface area contributed by atoms with E-state index >= 15 is 0 Å². The van der Waals surface area contributed by atoms with E-state index in [4.69, 9.17) is 18.0 Å². The largest absolute Gasteiger partial charge is 0.416 e. The van der Waals surface area contributed by atoms with Gasteiger partial charge in [-0.2, -0.15) is 13.2 Å². The van der Waals surface area contributed by atoms with Crippen LogP contribution in [0, 0.1) is 0 Å². The third kappa shape index (κ3) is 4.61. The molecule has 3 aromatic rings. The molecule has 1 aliphatic rings. The van der Waals surface area contributed by atoms with Gasteiger partial charge in [-0.1, -0.05) is 24.4 Å². The number of carbonyl (C=O) groups is 1. The van der Waals surface area contributed by atoms with Gasteiger partial charge in [0.05, 0.1) is 11.1 Å². The van der Waals surface area contributed by atoms with E-state index in [2.05, 4.69) is 15.3 Å². The Morgan fingerprint density at radius 2 is 1.94 bits per heavy atom. The summed E-state index contributed by atoms with van der Waals surface area (Å²) < 4.78 is 38.8. The number of aromatic nitrogens is 2. The molecule has 0 radical (unpaired) electrons. The normalized spacial score (nSPS) is 14.2. The average Bonchev–Trinajstić information content (AvgIpc) is 2.72. The van der Waals surface area contributed by atoms with Crippen LogP contribution in [0.1, 0.15) is 17.5 Å². The number of fused-ring (bicyclic) bond motifs is 1. The number of thiocarbonyl (C=S) groups is 1. The number of amides is 1. The monoisotopic (exact) mass is 440 g/mol. The SMILES string of the molecule is Nc1ncc2cc(C3=CC(C(=O)Nc4cccc(C(F)(F)F)c4)=CC(=S)C3)ccc2n1. The lowest BCUT2D eigenvalue weighted by atomic mass is 9.92. The number of nitrogens with one attached hydrogen (secondary N) is 1. The van der Waals surface area contributed by atoms with Gasteiger partial charge in [-0.3, -0.25) is 4.79 Å². The van der Waals surface area contributed by atoms with E-state index < -0.39 is 17.6 Å². The molecule has 2 aromatic carbocycles. The number of anilines is 2. The molecule has 4 rings (SSSR count). The third-order valence-corrected chi connectivity index (χ3v) is 4.95. The fourth-order valence-electron chi connectivity index (χ4n) is 3.23. The second-order valence-corrected chi connectivity index (χ2v) is 7.47. The van der Waals surface area contributed by atoms with Crippen molar-refractivity contribution in [3.05, 3.63) is 77.5 Å². The molecule has 0 atom stereocenters. The summed E-state index contributed by atoms with van der Waals surface area (Å²) in [4.78, 5) is 21.4. The predicted octanol–water partition coefficient (Wildman–Crippen LogP) is 4.95. The molecule has 0 fully saturated rings. The van der Waals surface area contributed by atoms with Gasteiger partial charge in [0.1, 0.15) is 0 Å². The number of alkyl halides is 3. The molecule has 0 aliphatic heterocycles. The zero-order valence-electron chi connectivity index (χ0n) is 15.9. The number of hydrogen-bond acceptors (Lipinski definition) is 5. The molecule has 31 heavy (non-hydrogen) atoms. The topological polar surface area (TPSA) is 80.9 Å². The van der Waals surface area contributed by atoms with Crippen molar-refractivity contribution in [2.24, 2.45) is 0 Å². The van der Waals surface area contributed by atoms with Crippen LogP contribution in [0.25, 0.3) is 16.5 Å². The maximum absolute atomic E-state index is 12.9. The molecular weight excluding hydrogens is 425 g/mol. The zero-order chi connectivity index (χ0) is 22.2. The summed E-state index contributed by atoms with van der Waals surface area (Å²) in [7, 11) is 0. The minimum absolute atomic E-state index is 0.0487. The van der Waals surface area contributed by atoms with Gasteiger partial charge in [-0.15, -0.1) is 0 Å². The Morgan fingerprint density at radius 1 is 1.13 bits per heavy atom. The standard InChI is InChI=1S/C22H15F3N4OS/c23-22(24,25)16-2-1-3-17(10-16)28-20(30)14-7-13(8-18(31)9-14)12-4-5-19-15(6-12)11-27-21(26)29-19/h1-7,9-11H,8H2,(H,28,30)(H2,26,27,29). The van der Waals surface area contributed by atoms with E-state index in [9.17, 15) is 18.0 Å². The number of halogens is 3.